The molecule has 0 saturated heterocycles. The van der Waals surface area contributed by atoms with Crippen LogP contribution in [0.4, 0.5) is 17.3 Å². The van der Waals surface area contributed by atoms with E-state index < -0.39 is 0 Å². The Morgan fingerprint density at radius 2 is 1.58 bits per heavy atom. The van der Waals surface area contributed by atoms with Gasteiger partial charge in [0, 0.05) is 33.8 Å². The summed E-state index contributed by atoms with van der Waals surface area (Å²) in [5.74, 6) is 0.722. The summed E-state index contributed by atoms with van der Waals surface area (Å²) < 4.78 is 5.08. The number of halogens is 2. The van der Waals surface area contributed by atoms with E-state index in [1.807, 2.05) is 0 Å². The quantitative estimate of drug-likeness (QED) is 0.656. The fourth-order valence-electron chi connectivity index (χ4n) is 2.14. The topological polar surface area (TPSA) is 76.1 Å². The van der Waals surface area contributed by atoms with Crippen LogP contribution in [0, 0.1) is 0 Å². The first-order valence-corrected chi connectivity index (χ1v) is 8.29. The molecule has 1 aromatic heterocycles. The molecule has 0 atom stereocenters. The number of hydrogen-bond acceptors (Lipinski definition) is 5. The monoisotopic (exact) mass is 388 g/mol. The first-order chi connectivity index (χ1) is 12.5. The molecule has 0 spiro atoms. The molecule has 132 valence electrons. The second kappa shape index (κ2) is 8.03. The minimum Gasteiger partial charge on any atom is -0.497 e. The minimum absolute atomic E-state index is 0.312. The molecule has 1 heterocycles. The summed E-state index contributed by atoms with van der Waals surface area (Å²) in [4.78, 5) is 20.5. The van der Waals surface area contributed by atoms with Crippen LogP contribution in [-0.4, -0.2) is 23.0 Å². The third-order valence-electron chi connectivity index (χ3n) is 3.38. The van der Waals surface area contributed by atoms with E-state index in [0.29, 0.717) is 38.7 Å². The zero-order valence-corrected chi connectivity index (χ0v) is 15.2. The summed E-state index contributed by atoms with van der Waals surface area (Å²) in [6.07, 6.45) is 2.86. The van der Waals surface area contributed by atoms with Crippen LogP contribution in [0.5, 0.6) is 5.75 Å². The van der Waals surface area contributed by atoms with Crippen LogP contribution < -0.4 is 15.4 Å². The average Bonchev–Trinajstić information content (AvgIpc) is 2.62. The van der Waals surface area contributed by atoms with Crippen molar-refractivity contribution in [1.82, 2.24) is 9.97 Å². The zero-order valence-electron chi connectivity index (χ0n) is 13.7. The van der Waals surface area contributed by atoms with Gasteiger partial charge in [0.05, 0.1) is 12.7 Å². The Balaban J connectivity index is 1.67. The van der Waals surface area contributed by atoms with Crippen molar-refractivity contribution in [2.24, 2.45) is 0 Å². The standard InChI is InChI=1S/C18H14Cl2N4O2/c1-26-16-4-2-14(3-5-16)23-17(25)11-9-21-18(22-10-11)24-15-7-12(19)6-13(20)8-15/h2-10H,1H3,(H,23,25)(H,21,22,24). The lowest BCUT2D eigenvalue weighted by Crippen LogP contribution is -2.13. The van der Waals surface area contributed by atoms with Gasteiger partial charge >= 0.3 is 0 Å². The van der Waals surface area contributed by atoms with Crippen LogP contribution in [0.1, 0.15) is 10.4 Å². The maximum Gasteiger partial charge on any atom is 0.258 e. The molecule has 2 aromatic carbocycles. The molecule has 0 saturated carbocycles. The highest BCUT2D eigenvalue weighted by Gasteiger charge is 2.08. The fraction of sp³-hybridized carbons (Fsp3) is 0.0556. The second-order valence-electron chi connectivity index (χ2n) is 5.26. The number of carbonyl (C=O) groups is 1. The summed E-state index contributed by atoms with van der Waals surface area (Å²) in [6, 6.07) is 12.0. The number of ether oxygens (including phenoxy) is 1. The van der Waals surface area contributed by atoms with Gasteiger partial charge in [-0.1, -0.05) is 23.2 Å². The molecule has 0 aliphatic heterocycles. The molecule has 2 N–H and O–H groups in total. The Morgan fingerprint density at radius 3 is 2.15 bits per heavy atom. The van der Waals surface area contributed by atoms with E-state index in [9.17, 15) is 4.79 Å². The highest BCUT2D eigenvalue weighted by atomic mass is 35.5. The van der Waals surface area contributed by atoms with Gasteiger partial charge in [0.1, 0.15) is 5.75 Å². The van der Waals surface area contributed by atoms with Crippen molar-refractivity contribution in [3.05, 3.63) is 70.5 Å². The summed E-state index contributed by atoms with van der Waals surface area (Å²) in [5.41, 5.74) is 1.62. The van der Waals surface area contributed by atoms with Crippen molar-refractivity contribution < 1.29 is 9.53 Å². The maximum absolute atomic E-state index is 12.2. The number of methoxy groups -OCH3 is 1. The van der Waals surface area contributed by atoms with Crippen LogP contribution >= 0.6 is 23.2 Å². The number of anilines is 3. The molecule has 0 radical (unpaired) electrons. The number of rotatable bonds is 5. The van der Waals surface area contributed by atoms with Crippen LogP contribution in [0.3, 0.4) is 0 Å². The normalized spacial score (nSPS) is 10.3. The fourth-order valence-corrected chi connectivity index (χ4v) is 2.67. The average molecular weight is 389 g/mol. The Hall–Kier alpha value is -2.83. The van der Waals surface area contributed by atoms with Crippen molar-refractivity contribution in [3.8, 4) is 5.75 Å². The smallest absolute Gasteiger partial charge is 0.258 e. The van der Waals surface area contributed by atoms with Gasteiger partial charge in [0.2, 0.25) is 5.95 Å². The van der Waals surface area contributed by atoms with Crippen molar-refractivity contribution in [2.45, 2.75) is 0 Å². The van der Waals surface area contributed by atoms with E-state index in [4.69, 9.17) is 27.9 Å². The minimum atomic E-state index is -0.312. The number of hydrogen-bond donors (Lipinski definition) is 2. The predicted molar refractivity (Wildman–Crippen MR) is 103 cm³/mol. The molecule has 0 unspecified atom stereocenters. The largest absolute Gasteiger partial charge is 0.497 e. The van der Waals surface area contributed by atoms with E-state index in [2.05, 4.69) is 20.6 Å². The Labute approximate surface area is 160 Å². The second-order valence-corrected chi connectivity index (χ2v) is 6.13. The van der Waals surface area contributed by atoms with Gasteiger partial charge in [-0.2, -0.15) is 0 Å². The lowest BCUT2D eigenvalue weighted by molar-refractivity contribution is 0.102. The molecule has 8 heteroatoms. The Bertz CT molecular complexity index is 895. The number of nitrogens with zero attached hydrogens (tertiary/aromatic N) is 2. The highest BCUT2D eigenvalue weighted by molar-refractivity contribution is 6.35. The van der Waals surface area contributed by atoms with Crippen molar-refractivity contribution >= 4 is 46.4 Å². The lowest BCUT2D eigenvalue weighted by atomic mass is 10.2. The van der Waals surface area contributed by atoms with E-state index in [0.717, 1.165) is 0 Å². The lowest BCUT2D eigenvalue weighted by Gasteiger charge is -2.08. The number of amides is 1. The molecule has 0 bridgehead atoms. The van der Waals surface area contributed by atoms with Gasteiger partial charge in [-0.15, -0.1) is 0 Å². The highest BCUT2D eigenvalue weighted by Crippen LogP contribution is 2.24. The maximum atomic E-state index is 12.2. The number of nitrogens with one attached hydrogen (secondary N) is 2. The molecule has 0 fully saturated rings. The SMILES string of the molecule is COc1ccc(NC(=O)c2cnc(Nc3cc(Cl)cc(Cl)c3)nc2)cc1. The van der Waals surface area contributed by atoms with Crippen molar-refractivity contribution in [2.75, 3.05) is 17.7 Å². The first-order valence-electron chi connectivity index (χ1n) is 7.54. The molecule has 0 aliphatic rings. The van der Waals surface area contributed by atoms with Gasteiger partial charge in [0.15, 0.2) is 0 Å². The van der Waals surface area contributed by atoms with E-state index in [-0.39, 0.29) is 5.91 Å². The van der Waals surface area contributed by atoms with Gasteiger partial charge in [-0.05, 0) is 42.5 Å². The van der Waals surface area contributed by atoms with Gasteiger partial charge in [0.25, 0.3) is 5.91 Å². The predicted octanol–water partition coefficient (Wildman–Crippen LogP) is 4.79. The number of aromatic nitrogens is 2. The molecule has 3 aromatic rings. The zero-order chi connectivity index (χ0) is 18.5. The molecule has 1 amide bonds. The molecule has 0 aliphatic carbocycles. The van der Waals surface area contributed by atoms with Crippen LogP contribution in [0.25, 0.3) is 0 Å². The van der Waals surface area contributed by atoms with Crippen LogP contribution in [0.15, 0.2) is 54.9 Å². The number of benzene rings is 2. The molecule has 6 nitrogen and oxygen atoms in total. The molecule has 3 rings (SSSR count). The Morgan fingerprint density at radius 1 is 0.962 bits per heavy atom. The number of carbonyl (C=O) groups excluding carboxylic acids is 1. The van der Waals surface area contributed by atoms with Crippen molar-refractivity contribution in [3.63, 3.8) is 0 Å². The van der Waals surface area contributed by atoms with E-state index >= 15 is 0 Å². The summed E-state index contributed by atoms with van der Waals surface area (Å²) in [6.45, 7) is 0. The summed E-state index contributed by atoms with van der Waals surface area (Å²) in [5, 5.41) is 6.73. The van der Waals surface area contributed by atoms with Gasteiger partial charge in [-0.3, -0.25) is 4.79 Å². The van der Waals surface area contributed by atoms with E-state index in [1.165, 1.54) is 12.4 Å². The van der Waals surface area contributed by atoms with Crippen molar-refractivity contribution in [1.29, 1.82) is 0 Å². The summed E-state index contributed by atoms with van der Waals surface area (Å²) >= 11 is 11.9. The molecular weight excluding hydrogens is 375 g/mol. The third-order valence-corrected chi connectivity index (χ3v) is 3.82. The summed E-state index contributed by atoms with van der Waals surface area (Å²) in [7, 11) is 1.58. The first kappa shape index (κ1) is 18.0. The van der Waals surface area contributed by atoms with Crippen LogP contribution in [-0.2, 0) is 0 Å². The van der Waals surface area contributed by atoms with Crippen LogP contribution in [0.2, 0.25) is 10.0 Å². The Kier molecular flexibility index (Phi) is 5.55. The molecular formula is C18H14Cl2N4O2. The molecule has 26 heavy (non-hydrogen) atoms. The van der Waals surface area contributed by atoms with Gasteiger partial charge in [-0.25, -0.2) is 9.97 Å². The third kappa shape index (κ3) is 4.62. The van der Waals surface area contributed by atoms with E-state index in [1.54, 1.807) is 49.6 Å². The van der Waals surface area contributed by atoms with Gasteiger partial charge < -0.3 is 15.4 Å².